The highest BCUT2D eigenvalue weighted by molar-refractivity contribution is 7.98. The zero-order chi connectivity index (χ0) is 14.7. The van der Waals surface area contributed by atoms with Crippen LogP contribution in [0, 0.1) is 6.92 Å². The summed E-state index contributed by atoms with van der Waals surface area (Å²) >= 11 is 1.82. The summed E-state index contributed by atoms with van der Waals surface area (Å²) in [5, 5.41) is 0. The smallest absolute Gasteiger partial charge is 0.0878 e. The van der Waals surface area contributed by atoms with Gasteiger partial charge in [0, 0.05) is 5.75 Å². The standard InChI is InChI=1S/C13H20OS.C4H10/c1-11-7-5-6-8-12(11)13(2,3)14-9-10-15-4;1-3-4-2/h5-8H,9-10H2,1-4H3;3-4H2,1-2H3. The molecule has 0 amide bonds. The summed E-state index contributed by atoms with van der Waals surface area (Å²) in [4.78, 5) is 0. The fourth-order valence-electron chi connectivity index (χ4n) is 1.71. The molecule has 0 bridgehead atoms. The predicted octanol–water partition coefficient (Wildman–Crippen LogP) is 5.42. The Bertz CT molecular complexity index is 332. The van der Waals surface area contributed by atoms with Crippen LogP contribution in [0.5, 0.6) is 0 Å². The molecule has 0 aliphatic carbocycles. The normalized spacial score (nSPS) is 10.8. The zero-order valence-corrected chi connectivity index (χ0v) is 14.3. The van der Waals surface area contributed by atoms with Gasteiger partial charge in [0.2, 0.25) is 0 Å². The molecule has 110 valence electrons. The fourth-order valence-corrected chi connectivity index (χ4v) is 1.96. The van der Waals surface area contributed by atoms with Gasteiger partial charge in [-0.05, 0) is 38.2 Å². The van der Waals surface area contributed by atoms with Crippen molar-refractivity contribution in [2.45, 2.75) is 53.1 Å². The van der Waals surface area contributed by atoms with Gasteiger partial charge in [-0.15, -0.1) is 0 Å². The number of benzene rings is 1. The van der Waals surface area contributed by atoms with Gasteiger partial charge < -0.3 is 4.74 Å². The second kappa shape index (κ2) is 10.3. The van der Waals surface area contributed by atoms with E-state index in [0.717, 1.165) is 12.4 Å². The lowest BCUT2D eigenvalue weighted by molar-refractivity contribution is -0.0128. The van der Waals surface area contributed by atoms with Crippen LogP contribution in [0.4, 0.5) is 0 Å². The van der Waals surface area contributed by atoms with Gasteiger partial charge >= 0.3 is 0 Å². The van der Waals surface area contributed by atoms with Gasteiger partial charge in [-0.3, -0.25) is 0 Å². The Morgan fingerprint density at radius 3 is 2.16 bits per heavy atom. The Hall–Kier alpha value is -0.470. The van der Waals surface area contributed by atoms with E-state index in [1.807, 2.05) is 11.8 Å². The third-order valence-corrected chi connectivity index (χ3v) is 3.62. The summed E-state index contributed by atoms with van der Waals surface area (Å²) in [5.74, 6) is 1.05. The highest BCUT2D eigenvalue weighted by Crippen LogP contribution is 2.27. The highest BCUT2D eigenvalue weighted by Gasteiger charge is 2.22. The maximum absolute atomic E-state index is 5.92. The van der Waals surface area contributed by atoms with Crippen LogP contribution >= 0.6 is 11.8 Å². The highest BCUT2D eigenvalue weighted by atomic mass is 32.2. The molecule has 1 rings (SSSR count). The van der Waals surface area contributed by atoms with Crippen molar-refractivity contribution in [1.29, 1.82) is 0 Å². The van der Waals surface area contributed by atoms with Crippen molar-refractivity contribution < 1.29 is 4.74 Å². The molecule has 0 heterocycles. The molecule has 1 aromatic carbocycles. The van der Waals surface area contributed by atoms with Crippen molar-refractivity contribution in [1.82, 2.24) is 0 Å². The zero-order valence-electron chi connectivity index (χ0n) is 13.5. The molecule has 0 aromatic heterocycles. The third-order valence-electron chi connectivity index (χ3n) is 3.04. The maximum atomic E-state index is 5.92. The first-order valence-corrected chi connectivity index (χ1v) is 8.58. The van der Waals surface area contributed by atoms with Crippen LogP contribution in [0.1, 0.15) is 51.7 Å². The molecule has 2 heteroatoms. The Morgan fingerprint density at radius 1 is 1.11 bits per heavy atom. The molecular formula is C17H30OS. The van der Waals surface area contributed by atoms with Gasteiger partial charge in [-0.1, -0.05) is 51.0 Å². The summed E-state index contributed by atoms with van der Waals surface area (Å²) in [7, 11) is 0. The summed E-state index contributed by atoms with van der Waals surface area (Å²) in [6.45, 7) is 11.6. The summed E-state index contributed by atoms with van der Waals surface area (Å²) < 4.78 is 5.92. The van der Waals surface area contributed by atoms with Crippen LogP contribution in [0.2, 0.25) is 0 Å². The Balaban J connectivity index is 0.000000711. The SMILES string of the molecule is CCCC.CSCCOC(C)(C)c1ccccc1C. The molecule has 19 heavy (non-hydrogen) atoms. The lowest BCUT2D eigenvalue weighted by atomic mass is 9.94. The first kappa shape index (κ1) is 18.5. The van der Waals surface area contributed by atoms with Gasteiger partial charge in [0.1, 0.15) is 0 Å². The van der Waals surface area contributed by atoms with E-state index in [0.29, 0.717) is 0 Å². The lowest BCUT2D eigenvalue weighted by Crippen LogP contribution is -2.24. The topological polar surface area (TPSA) is 9.23 Å². The average Bonchev–Trinajstić information content (AvgIpc) is 2.39. The largest absolute Gasteiger partial charge is 0.370 e. The molecule has 0 saturated carbocycles. The molecule has 0 atom stereocenters. The van der Waals surface area contributed by atoms with E-state index in [1.165, 1.54) is 24.0 Å². The minimum atomic E-state index is -0.179. The summed E-state index contributed by atoms with van der Waals surface area (Å²) in [6.07, 6.45) is 4.74. The molecular weight excluding hydrogens is 252 g/mol. The van der Waals surface area contributed by atoms with E-state index in [2.05, 4.69) is 65.1 Å². The van der Waals surface area contributed by atoms with Gasteiger partial charge in [-0.25, -0.2) is 0 Å². The predicted molar refractivity (Wildman–Crippen MR) is 89.1 cm³/mol. The molecule has 1 nitrogen and oxygen atoms in total. The molecule has 0 radical (unpaired) electrons. The number of unbranched alkanes of at least 4 members (excludes halogenated alkanes) is 1. The van der Waals surface area contributed by atoms with E-state index in [9.17, 15) is 0 Å². The van der Waals surface area contributed by atoms with Gasteiger partial charge in [0.05, 0.1) is 12.2 Å². The number of hydrogen-bond acceptors (Lipinski definition) is 2. The third kappa shape index (κ3) is 7.64. The average molecular weight is 282 g/mol. The fraction of sp³-hybridized carbons (Fsp3) is 0.647. The van der Waals surface area contributed by atoms with Crippen molar-refractivity contribution in [3.63, 3.8) is 0 Å². The minimum Gasteiger partial charge on any atom is -0.370 e. The minimum absolute atomic E-state index is 0.179. The van der Waals surface area contributed by atoms with Crippen LogP contribution in [-0.4, -0.2) is 18.6 Å². The summed E-state index contributed by atoms with van der Waals surface area (Å²) in [5.41, 5.74) is 2.40. The molecule has 0 N–H and O–H groups in total. The second-order valence-electron chi connectivity index (χ2n) is 5.17. The van der Waals surface area contributed by atoms with E-state index >= 15 is 0 Å². The Morgan fingerprint density at radius 2 is 1.68 bits per heavy atom. The van der Waals surface area contributed by atoms with E-state index in [-0.39, 0.29) is 5.60 Å². The number of rotatable bonds is 6. The van der Waals surface area contributed by atoms with Crippen molar-refractivity contribution in [2.75, 3.05) is 18.6 Å². The molecule has 0 saturated heterocycles. The van der Waals surface area contributed by atoms with Crippen LogP contribution in [0.25, 0.3) is 0 Å². The second-order valence-corrected chi connectivity index (χ2v) is 6.15. The van der Waals surface area contributed by atoms with Crippen LogP contribution in [0.15, 0.2) is 24.3 Å². The maximum Gasteiger partial charge on any atom is 0.0878 e. The number of hydrogen-bond donors (Lipinski definition) is 0. The van der Waals surface area contributed by atoms with Crippen LogP contribution < -0.4 is 0 Å². The van der Waals surface area contributed by atoms with Crippen molar-refractivity contribution in [3.05, 3.63) is 35.4 Å². The first-order chi connectivity index (χ1) is 8.99. The molecule has 0 spiro atoms. The summed E-state index contributed by atoms with van der Waals surface area (Å²) in [6, 6.07) is 8.42. The van der Waals surface area contributed by atoms with E-state index < -0.39 is 0 Å². The van der Waals surface area contributed by atoms with E-state index in [1.54, 1.807) is 0 Å². The van der Waals surface area contributed by atoms with Gasteiger partial charge in [-0.2, -0.15) is 11.8 Å². The molecule has 0 unspecified atom stereocenters. The van der Waals surface area contributed by atoms with Crippen molar-refractivity contribution in [3.8, 4) is 0 Å². The van der Waals surface area contributed by atoms with Crippen molar-refractivity contribution in [2.24, 2.45) is 0 Å². The monoisotopic (exact) mass is 282 g/mol. The molecule has 1 aromatic rings. The van der Waals surface area contributed by atoms with E-state index in [4.69, 9.17) is 4.74 Å². The van der Waals surface area contributed by atoms with Crippen LogP contribution in [-0.2, 0) is 10.3 Å². The van der Waals surface area contributed by atoms with Gasteiger partial charge in [0.25, 0.3) is 0 Å². The Labute approximate surface area is 124 Å². The molecule has 0 aliphatic heterocycles. The first-order valence-electron chi connectivity index (χ1n) is 7.18. The Kier molecular flexibility index (Phi) is 10.1. The number of ether oxygens (including phenoxy) is 1. The number of thioether (sulfide) groups is 1. The molecule has 0 fully saturated rings. The number of aryl methyl sites for hydroxylation is 1. The van der Waals surface area contributed by atoms with Gasteiger partial charge in [0.15, 0.2) is 0 Å². The lowest BCUT2D eigenvalue weighted by Gasteiger charge is -2.27. The quantitative estimate of drug-likeness (QED) is 0.645. The molecule has 0 aliphatic rings. The van der Waals surface area contributed by atoms with Crippen LogP contribution in [0.3, 0.4) is 0 Å². The van der Waals surface area contributed by atoms with Crippen molar-refractivity contribution >= 4 is 11.8 Å².